The second kappa shape index (κ2) is 11.9. The fourth-order valence-electron chi connectivity index (χ4n) is 7.73. The second-order valence-corrected chi connectivity index (χ2v) is 13.2. The number of aliphatic carboxylic acids is 1. The number of anilines is 1. The van der Waals surface area contributed by atoms with Gasteiger partial charge in [0.25, 0.3) is 11.8 Å². The van der Waals surface area contributed by atoms with Gasteiger partial charge in [0.05, 0.1) is 23.7 Å². The molecule has 3 aromatic rings. The van der Waals surface area contributed by atoms with Crippen LogP contribution in [0.5, 0.6) is 5.88 Å². The van der Waals surface area contributed by atoms with E-state index >= 15 is 0 Å². The molecule has 4 aliphatic rings. The first-order chi connectivity index (χ1) is 23.0. The molecule has 3 atom stereocenters. The van der Waals surface area contributed by atoms with Crippen LogP contribution in [0.2, 0.25) is 5.02 Å². The van der Waals surface area contributed by atoms with Crippen LogP contribution in [0.4, 0.5) is 5.69 Å². The van der Waals surface area contributed by atoms with Gasteiger partial charge >= 0.3 is 5.97 Å². The van der Waals surface area contributed by atoms with Crippen molar-refractivity contribution in [2.45, 2.75) is 25.8 Å². The number of methoxy groups -OCH3 is 1. The highest BCUT2D eigenvalue weighted by atomic mass is 35.5. The molecule has 2 aliphatic heterocycles. The summed E-state index contributed by atoms with van der Waals surface area (Å²) in [6, 6.07) is 13.4. The second-order valence-electron chi connectivity index (χ2n) is 12.8. The Morgan fingerprint density at radius 1 is 1.08 bits per heavy atom. The van der Waals surface area contributed by atoms with E-state index in [9.17, 15) is 24.3 Å². The Labute approximate surface area is 282 Å². The van der Waals surface area contributed by atoms with Crippen LogP contribution >= 0.6 is 11.6 Å². The minimum atomic E-state index is -0.686. The topological polar surface area (TPSA) is 132 Å². The minimum absolute atomic E-state index is 0.0122. The van der Waals surface area contributed by atoms with Crippen molar-refractivity contribution in [2.75, 3.05) is 39.6 Å². The molecule has 48 heavy (non-hydrogen) atoms. The SMILES string of the molecule is COc1nc(-c2cccc(-c3cccc(NC(=O)C4=CN(C)C(=C=O)N(C)C4=O)c3C)c2Cl)cc2c1C(N1CC3C(C1)C3C(=O)O)CC2. The Hall–Kier alpha value is -4.96. The van der Waals surface area contributed by atoms with E-state index in [2.05, 4.69) is 16.3 Å². The van der Waals surface area contributed by atoms with E-state index in [0.29, 0.717) is 22.3 Å². The molecule has 1 aromatic heterocycles. The number of likely N-dealkylation sites (N-methyl/N-ethyl adjacent to an activating group) is 1. The molecule has 2 aliphatic carbocycles. The van der Waals surface area contributed by atoms with Crippen molar-refractivity contribution < 1.29 is 29.0 Å². The van der Waals surface area contributed by atoms with Crippen molar-refractivity contribution in [3.05, 3.63) is 81.8 Å². The molecule has 1 saturated heterocycles. The number of aryl methyl sites for hydroxylation is 1. The smallest absolute Gasteiger partial charge is 0.307 e. The standard InChI is InChI=1S/C36H34ClN5O6/c1-18-20(7-6-10-26(18)38-33(44)25-14-40(2)29(17-43)41(3)35(25)45)21-8-5-9-22(32(21)37)27-13-19-11-12-28(30(19)34(39-27)48-4)42-15-23-24(16-42)31(23)36(46)47/h5-10,13-14,23-24,28,31H,11-12,15-16H2,1-4H3,(H,38,44)(H,46,47). The molecule has 0 spiro atoms. The van der Waals surface area contributed by atoms with E-state index in [1.165, 1.54) is 18.1 Å². The Morgan fingerprint density at radius 3 is 2.46 bits per heavy atom. The van der Waals surface area contributed by atoms with E-state index in [1.807, 2.05) is 31.2 Å². The number of halogens is 1. The number of carbonyl (C=O) groups is 3. The van der Waals surface area contributed by atoms with Gasteiger partial charge in [-0.1, -0.05) is 41.9 Å². The largest absolute Gasteiger partial charge is 0.481 e. The van der Waals surface area contributed by atoms with Crippen LogP contribution in [0.25, 0.3) is 22.4 Å². The lowest BCUT2D eigenvalue weighted by Gasteiger charge is -2.29. The number of ether oxygens (including phenoxy) is 1. The number of fused-ring (bicyclic) bond motifs is 2. The van der Waals surface area contributed by atoms with Crippen LogP contribution in [0, 0.1) is 24.7 Å². The van der Waals surface area contributed by atoms with Crippen LogP contribution < -0.4 is 10.1 Å². The first-order valence-corrected chi connectivity index (χ1v) is 16.1. The highest BCUT2D eigenvalue weighted by Crippen LogP contribution is 2.55. The zero-order valence-corrected chi connectivity index (χ0v) is 27.7. The zero-order valence-electron chi connectivity index (χ0n) is 26.9. The lowest BCUT2D eigenvalue weighted by atomic mass is 9.96. The predicted molar refractivity (Wildman–Crippen MR) is 179 cm³/mol. The molecular weight excluding hydrogens is 634 g/mol. The zero-order chi connectivity index (χ0) is 34.0. The summed E-state index contributed by atoms with van der Waals surface area (Å²) in [4.78, 5) is 58.6. The summed E-state index contributed by atoms with van der Waals surface area (Å²) in [6.07, 6.45) is 3.10. The maximum Gasteiger partial charge on any atom is 0.307 e. The van der Waals surface area contributed by atoms with Crippen LogP contribution in [0.15, 0.2) is 60.1 Å². The third-order valence-electron chi connectivity index (χ3n) is 10.3. The third-order valence-corrected chi connectivity index (χ3v) is 10.7. The fraction of sp³-hybridized carbons (Fsp3) is 0.333. The van der Waals surface area contributed by atoms with Crippen molar-refractivity contribution in [1.82, 2.24) is 19.7 Å². The normalized spacial score (nSPS) is 23.0. The maximum atomic E-state index is 13.3. The molecule has 246 valence electrons. The van der Waals surface area contributed by atoms with Crippen molar-refractivity contribution in [2.24, 2.45) is 17.8 Å². The molecule has 12 heteroatoms. The molecule has 0 radical (unpaired) electrons. The quantitative estimate of drug-likeness (QED) is 0.275. The number of pyridine rings is 1. The maximum absolute atomic E-state index is 13.3. The molecular formula is C36H34ClN5O6. The number of hydrogen-bond donors (Lipinski definition) is 2. The van der Waals surface area contributed by atoms with Crippen molar-refractivity contribution in [3.63, 3.8) is 0 Å². The lowest BCUT2D eigenvalue weighted by molar-refractivity contribution is -0.139. The van der Waals surface area contributed by atoms with Gasteiger partial charge in [0.15, 0.2) is 5.94 Å². The number of nitrogens with zero attached hydrogens (tertiary/aromatic N) is 4. The number of aromatic nitrogens is 1. The molecule has 2 amide bonds. The molecule has 2 N–H and O–H groups in total. The number of benzene rings is 2. The summed E-state index contributed by atoms with van der Waals surface area (Å²) < 4.78 is 5.85. The van der Waals surface area contributed by atoms with Gasteiger partial charge in [-0.3, -0.25) is 24.2 Å². The number of nitrogens with one attached hydrogen (secondary N) is 1. The Balaban J connectivity index is 1.16. The third kappa shape index (κ3) is 5.06. The molecule has 3 heterocycles. The first-order valence-electron chi connectivity index (χ1n) is 15.8. The number of likely N-dealkylation sites (tertiary alicyclic amines) is 1. The number of carboxylic acid groups (broad SMARTS) is 1. The molecule has 7 rings (SSSR count). The summed E-state index contributed by atoms with van der Waals surface area (Å²) in [6.45, 7) is 3.43. The Kier molecular flexibility index (Phi) is 7.86. The van der Waals surface area contributed by atoms with Crippen LogP contribution in [0.3, 0.4) is 0 Å². The molecule has 11 nitrogen and oxygen atoms in total. The average Bonchev–Trinajstić information content (AvgIpc) is 3.35. The number of carboxylic acids is 1. The number of rotatable bonds is 7. The fourth-order valence-corrected chi connectivity index (χ4v) is 8.06. The first kappa shape index (κ1) is 31.6. The number of amides is 2. The van der Waals surface area contributed by atoms with Gasteiger partial charge < -0.3 is 20.1 Å². The molecule has 3 unspecified atom stereocenters. The summed E-state index contributed by atoms with van der Waals surface area (Å²) in [7, 11) is 4.60. The van der Waals surface area contributed by atoms with Gasteiger partial charge in [0.1, 0.15) is 5.57 Å². The van der Waals surface area contributed by atoms with Gasteiger partial charge in [0, 0.05) is 61.8 Å². The summed E-state index contributed by atoms with van der Waals surface area (Å²) in [5.41, 5.74) is 6.34. The summed E-state index contributed by atoms with van der Waals surface area (Å²) >= 11 is 7.12. The van der Waals surface area contributed by atoms with Crippen LogP contribution in [-0.2, 0) is 25.6 Å². The van der Waals surface area contributed by atoms with E-state index in [4.69, 9.17) is 21.3 Å². The van der Waals surface area contributed by atoms with E-state index < -0.39 is 17.8 Å². The van der Waals surface area contributed by atoms with Crippen LogP contribution in [-0.4, -0.2) is 82.8 Å². The van der Waals surface area contributed by atoms with E-state index in [-0.39, 0.29) is 35.2 Å². The number of carbonyl (C=O) groups excluding carboxylic acids is 3. The minimum Gasteiger partial charge on any atom is -0.481 e. The number of piperidine rings is 1. The predicted octanol–water partition coefficient (Wildman–Crippen LogP) is 4.53. The highest BCUT2D eigenvalue weighted by molar-refractivity contribution is 6.36. The van der Waals surface area contributed by atoms with Crippen molar-refractivity contribution >= 4 is 41.0 Å². The van der Waals surface area contributed by atoms with Crippen molar-refractivity contribution in [1.29, 1.82) is 0 Å². The van der Waals surface area contributed by atoms with Crippen molar-refractivity contribution in [3.8, 4) is 28.3 Å². The number of hydrogen-bond acceptors (Lipinski definition) is 8. The van der Waals surface area contributed by atoms with Gasteiger partial charge in [-0.05, 0) is 60.4 Å². The average molecular weight is 668 g/mol. The van der Waals surface area contributed by atoms with Gasteiger partial charge in [0.2, 0.25) is 11.7 Å². The lowest BCUT2D eigenvalue weighted by Crippen LogP contribution is -2.42. The van der Waals surface area contributed by atoms with E-state index in [0.717, 1.165) is 64.2 Å². The Morgan fingerprint density at radius 2 is 1.77 bits per heavy atom. The van der Waals surface area contributed by atoms with Gasteiger partial charge in [-0.25, -0.2) is 9.78 Å². The van der Waals surface area contributed by atoms with Crippen LogP contribution in [0.1, 0.15) is 29.2 Å². The monoisotopic (exact) mass is 667 g/mol. The molecule has 1 saturated carbocycles. The molecule has 2 aromatic carbocycles. The van der Waals surface area contributed by atoms with Gasteiger partial charge in [-0.15, -0.1) is 0 Å². The van der Waals surface area contributed by atoms with E-state index in [1.54, 1.807) is 32.2 Å². The molecule has 2 fully saturated rings. The Bertz CT molecular complexity index is 1980. The summed E-state index contributed by atoms with van der Waals surface area (Å²) in [5, 5.41) is 12.8. The molecule has 0 bridgehead atoms. The summed E-state index contributed by atoms with van der Waals surface area (Å²) in [5.74, 6) is 0.627. The van der Waals surface area contributed by atoms with Gasteiger partial charge in [-0.2, -0.15) is 0 Å². The highest BCUT2D eigenvalue weighted by Gasteiger charge is 2.60.